The molecule has 117 heavy (non-hydrogen) atoms. The second kappa shape index (κ2) is 28.5. The predicted octanol–water partition coefficient (Wildman–Crippen LogP) is 25.7. The van der Waals surface area contributed by atoms with Gasteiger partial charge in [0.05, 0.1) is 17.0 Å². The lowest BCUT2D eigenvalue weighted by Gasteiger charge is -2.14. The minimum absolute atomic E-state index is 0.480. The summed E-state index contributed by atoms with van der Waals surface area (Å²) in [6, 6.07) is 125. The van der Waals surface area contributed by atoms with Crippen LogP contribution in [0, 0.1) is 0 Å². The first-order valence-electron chi connectivity index (χ1n) is 38.6. The van der Waals surface area contributed by atoms with E-state index in [4.69, 9.17) is 68.1 Å². The Bertz CT molecular complexity index is 7530. The van der Waals surface area contributed by atoms with Crippen LogP contribution in [0.1, 0.15) is 0 Å². The number of para-hydroxylation sites is 4. The van der Waals surface area contributed by atoms with Gasteiger partial charge in [0.1, 0.15) is 33.5 Å². The van der Waals surface area contributed by atoms with E-state index >= 15 is 0 Å². The molecule has 0 bridgehead atoms. The molecular formula is C103H61N11O3. The van der Waals surface area contributed by atoms with Crippen LogP contribution in [0.25, 0.3) is 236 Å². The summed E-state index contributed by atoms with van der Waals surface area (Å²) in [5, 5.41) is 5.97. The Morgan fingerprint density at radius 2 is 0.496 bits per heavy atom. The van der Waals surface area contributed by atoms with Gasteiger partial charge < -0.3 is 13.3 Å². The highest BCUT2D eigenvalue weighted by atomic mass is 16.3. The smallest absolute Gasteiger partial charge is 0.167 e. The zero-order valence-electron chi connectivity index (χ0n) is 62.4. The normalized spacial score (nSPS) is 11.6. The number of fused-ring (bicyclic) bond motifs is 9. The number of furan rings is 3. The zero-order valence-corrected chi connectivity index (χ0v) is 62.4. The summed E-state index contributed by atoms with van der Waals surface area (Å²) in [6.45, 7) is 0. The van der Waals surface area contributed by atoms with E-state index in [1.807, 2.05) is 212 Å². The number of nitrogens with zero attached hydrogens (tertiary/aromatic N) is 11. The van der Waals surface area contributed by atoms with Crippen LogP contribution in [0.5, 0.6) is 0 Å². The molecule has 7 aromatic heterocycles. The van der Waals surface area contributed by atoms with Crippen molar-refractivity contribution >= 4 is 65.8 Å². The van der Waals surface area contributed by atoms with Gasteiger partial charge in [-0.1, -0.05) is 309 Å². The monoisotopic (exact) mass is 1500 g/mol. The van der Waals surface area contributed by atoms with Gasteiger partial charge >= 0.3 is 0 Å². The van der Waals surface area contributed by atoms with Crippen molar-refractivity contribution < 1.29 is 13.3 Å². The van der Waals surface area contributed by atoms with Gasteiger partial charge in [-0.15, -0.1) is 0 Å². The highest BCUT2D eigenvalue weighted by Crippen LogP contribution is 2.45. The van der Waals surface area contributed by atoms with Crippen molar-refractivity contribution in [2.45, 2.75) is 0 Å². The number of benzene rings is 15. The molecule has 0 N–H and O–H groups in total. The van der Waals surface area contributed by atoms with Crippen LogP contribution in [0.15, 0.2) is 383 Å². The predicted molar refractivity (Wildman–Crippen MR) is 466 cm³/mol. The fourth-order valence-electron chi connectivity index (χ4n) is 15.7. The molecule has 14 heteroatoms. The maximum atomic E-state index is 6.73. The maximum Gasteiger partial charge on any atom is 0.167 e. The van der Waals surface area contributed by atoms with Crippen LogP contribution in [0.4, 0.5) is 0 Å². The van der Waals surface area contributed by atoms with E-state index in [0.29, 0.717) is 69.4 Å². The van der Waals surface area contributed by atoms with Crippen molar-refractivity contribution in [2.24, 2.45) is 0 Å². The Morgan fingerprint density at radius 1 is 0.145 bits per heavy atom. The van der Waals surface area contributed by atoms with E-state index in [1.54, 1.807) is 0 Å². The third kappa shape index (κ3) is 12.6. The average Bonchev–Trinajstić information content (AvgIpc) is 1.63. The number of hydrogen-bond donors (Lipinski definition) is 0. The Labute approximate surface area is 669 Å². The third-order valence-corrected chi connectivity index (χ3v) is 21.5. The van der Waals surface area contributed by atoms with E-state index in [2.05, 4.69) is 158 Å². The zero-order chi connectivity index (χ0) is 77.3. The van der Waals surface area contributed by atoms with Gasteiger partial charge in [0.25, 0.3) is 0 Å². The van der Waals surface area contributed by atoms with Crippen molar-refractivity contribution in [3.8, 4) is 170 Å². The molecule has 0 unspecified atom stereocenters. The second-order valence-corrected chi connectivity index (χ2v) is 28.8. The summed E-state index contributed by atoms with van der Waals surface area (Å²) in [5.74, 6) is 5.27. The topological polar surface area (TPSA) is 181 Å². The minimum Gasteiger partial charge on any atom is -0.456 e. The van der Waals surface area contributed by atoms with E-state index in [-0.39, 0.29) is 0 Å². The second-order valence-electron chi connectivity index (χ2n) is 28.8. The molecule has 0 fully saturated rings. The first-order valence-corrected chi connectivity index (χ1v) is 38.6. The van der Waals surface area contributed by atoms with Crippen molar-refractivity contribution in [1.29, 1.82) is 0 Å². The molecule has 0 aliphatic rings. The highest BCUT2D eigenvalue weighted by Gasteiger charge is 2.25. The fraction of sp³-hybridized carbons (Fsp3) is 0. The lowest BCUT2D eigenvalue weighted by molar-refractivity contribution is 0.668. The molecule has 22 rings (SSSR count). The largest absolute Gasteiger partial charge is 0.456 e. The first kappa shape index (κ1) is 67.7. The van der Waals surface area contributed by atoms with Crippen LogP contribution in [-0.4, -0.2) is 54.8 Å². The molecular weight excluding hydrogens is 1440 g/mol. The Kier molecular flexibility index (Phi) is 16.5. The van der Waals surface area contributed by atoms with Crippen LogP contribution >= 0.6 is 0 Å². The van der Waals surface area contributed by atoms with Gasteiger partial charge in [-0.3, -0.25) is 0 Å². The van der Waals surface area contributed by atoms with E-state index < -0.39 is 0 Å². The SMILES string of the molecule is c1ccc(-c2cc(-c3ccccc3)nc(-c3cc4oc5ccccc5c4cc3-c3ccc(-c4nc(-c5ccccc5)nc(-c5ccc(-c6cccc(-c7nc(-c8ccccc8)nc(-c8ccc(-c9cc(-c%10nc(-c%11ccccc%11)nc(-c%11cccc%12c%11oc%11ccccc%11%12)n%10)cc%10oc%11ccccc%11c9%10)cc8)n7)c6)cc5)n4)cc3)n2)cc1. The van der Waals surface area contributed by atoms with Crippen molar-refractivity contribution in [2.75, 3.05) is 0 Å². The molecule has 0 atom stereocenters. The highest BCUT2D eigenvalue weighted by molar-refractivity contribution is 6.14. The molecule has 0 saturated heterocycles. The molecule has 15 aromatic carbocycles. The first-order chi connectivity index (χ1) is 57.9. The standard InChI is InChI=1S/C103H61N11O3/c1-6-24-65(25-7-1)85-61-86(66-26-8-2-9-27-66)105-103(104-85)84-60-90-83(77-37-17-19-41-87(77)115-90)59-81(84)63-46-52-71(53-47-63)98-107-94(67-28-10-3-11-29-67)106-97(109-98)70-50-44-62(45-51-70)73-34-22-35-74(56-73)100-110-95(68-30-12-4-13-31-68)108-99(111-100)72-54-48-64(49-55-72)82-57-75(58-91-92(82)79-38-18-21-43-89(79)116-91)101-112-96(69-32-14-5-15-33-69)113-102(114-101)80-40-23-39-78-76-36-16-20-42-88(76)117-93(78)80/h1-61H. The number of rotatable bonds is 15. The van der Waals surface area contributed by atoms with E-state index in [9.17, 15) is 0 Å². The third-order valence-electron chi connectivity index (χ3n) is 21.5. The van der Waals surface area contributed by atoms with Gasteiger partial charge in [0, 0.05) is 93.5 Å². The van der Waals surface area contributed by atoms with Gasteiger partial charge in [0.15, 0.2) is 58.2 Å². The summed E-state index contributed by atoms with van der Waals surface area (Å²) in [7, 11) is 0. The van der Waals surface area contributed by atoms with Gasteiger partial charge in [-0.05, 0) is 94.0 Å². The van der Waals surface area contributed by atoms with Gasteiger partial charge in [-0.2, -0.15) is 0 Å². The van der Waals surface area contributed by atoms with Crippen LogP contribution in [-0.2, 0) is 0 Å². The van der Waals surface area contributed by atoms with Crippen molar-refractivity contribution in [3.05, 3.63) is 370 Å². The summed E-state index contributed by atoms with van der Waals surface area (Å²) in [4.78, 5) is 57.4. The molecule has 0 aliphatic heterocycles. The summed E-state index contributed by atoms with van der Waals surface area (Å²) >= 11 is 0. The average molecular weight is 1500 g/mol. The molecule has 22 aromatic rings. The summed E-state index contributed by atoms with van der Waals surface area (Å²) < 4.78 is 19.9. The molecule has 0 aliphatic carbocycles. The fourth-order valence-corrected chi connectivity index (χ4v) is 15.7. The van der Waals surface area contributed by atoms with Crippen LogP contribution in [0.2, 0.25) is 0 Å². The van der Waals surface area contributed by atoms with Crippen LogP contribution in [0.3, 0.4) is 0 Å². The van der Waals surface area contributed by atoms with Crippen LogP contribution < -0.4 is 0 Å². The summed E-state index contributed by atoms with van der Waals surface area (Å²) in [5.41, 5.74) is 22.0. The lowest BCUT2D eigenvalue weighted by atomic mass is 9.95. The molecule has 0 amide bonds. The van der Waals surface area contributed by atoms with Crippen molar-refractivity contribution in [1.82, 2.24) is 54.8 Å². The molecule has 14 nitrogen and oxygen atoms in total. The molecule has 0 saturated carbocycles. The molecule has 546 valence electrons. The maximum absolute atomic E-state index is 6.73. The van der Waals surface area contributed by atoms with Gasteiger partial charge in [0.2, 0.25) is 0 Å². The lowest BCUT2D eigenvalue weighted by Crippen LogP contribution is -2.01. The minimum atomic E-state index is 0.480. The Balaban J connectivity index is 0.594. The Morgan fingerprint density at radius 3 is 1.02 bits per heavy atom. The Hall–Kier alpha value is -16.2. The van der Waals surface area contributed by atoms with Crippen molar-refractivity contribution in [3.63, 3.8) is 0 Å². The quantitative estimate of drug-likeness (QED) is 0.0945. The van der Waals surface area contributed by atoms with E-state index in [1.165, 1.54) is 0 Å². The molecule has 0 radical (unpaired) electrons. The van der Waals surface area contributed by atoms with E-state index in [0.717, 1.165) is 166 Å². The number of aromatic nitrogens is 11. The molecule has 7 heterocycles. The number of hydrogen-bond acceptors (Lipinski definition) is 14. The summed E-state index contributed by atoms with van der Waals surface area (Å²) in [6.07, 6.45) is 0. The van der Waals surface area contributed by atoms with Gasteiger partial charge in [-0.25, -0.2) is 54.8 Å². The molecule has 0 spiro atoms.